The molecule has 6 heteroatoms. The zero-order valence-corrected chi connectivity index (χ0v) is 22.8. The molecular weight excluding hydrogens is 514 g/mol. The molecule has 0 aliphatic carbocycles. The minimum absolute atomic E-state index is 0.0264. The lowest BCUT2D eigenvalue weighted by Crippen LogP contribution is -2.30. The van der Waals surface area contributed by atoms with Crippen LogP contribution in [0.1, 0.15) is 35.2 Å². The molecule has 1 heterocycles. The first-order valence-electron chi connectivity index (χ1n) is 13.5. The summed E-state index contributed by atoms with van der Waals surface area (Å²) in [6.45, 7) is 2.85. The smallest absolute Gasteiger partial charge is 0.290 e. The first-order chi connectivity index (χ1) is 20.0. The maximum absolute atomic E-state index is 13.6. The van der Waals surface area contributed by atoms with Crippen molar-refractivity contribution < 1.29 is 24.2 Å². The second-order valence-electron chi connectivity index (χ2n) is 9.61. The van der Waals surface area contributed by atoms with Crippen LogP contribution in [0.15, 0.2) is 127 Å². The lowest BCUT2D eigenvalue weighted by molar-refractivity contribution is -0.130. The molecule has 0 fully saturated rings. The van der Waals surface area contributed by atoms with Crippen LogP contribution in [-0.4, -0.2) is 28.3 Å². The van der Waals surface area contributed by atoms with E-state index >= 15 is 0 Å². The van der Waals surface area contributed by atoms with Gasteiger partial charge < -0.3 is 19.5 Å². The number of aliphatic hydroxyl groups excluding tert-OH is 1. The van der Waals surface area contributed by atoms with Crippen LogP contribution in [0.2, 0.25) is 0 Å². The first kappa shape index (κ1) is 27.5. The second kappa shape index (κ2) is 12.8. The quantitative estimate of drug-likeness (QED) is 0.209. The number of amides is 1. The van der Waals surface area contributed by atoms with Gasteiger partial charge in [0.1, 0.15) is 6.61 Å². The van der Waals surface area contributed by atoms with Crippen molar-refractivity contribution in [3.63, 3.8) is 0 Å². The molecule has 1 amide bonds. The van der Waals surface area contributed by atoms with Crippen molar-refractivity contribution in [3.05, 3.63) is 149 Å². The van der Waals surface area contributed by atoms with E-state index < -0.39 is 23.5 Å². The summed E-state index contributed by atoms with van der Waals surface area (Å²) in [6, 6.07) is 33.2. The molecule has 1 aliphatic heterocycles. The minimum Gasteiger partial charge on any atom is -0.503 e. The number of allylic oxidation sites excluding steroid dienone is 1. The van der Waals surface area contributed by atoms with Gasteiger partial charge in [-0.1, -0.05) is 103 Å². The Balaban J connectivity index is 1.51. The third-order valence-electron chi connectivity index (χ3n) is 6.81. The zero-order chi connectivity index (χ0) is 28.6. The maximum Gasteiger partial charge on any atom is 0.290 e. The van der Waals surface area contributed by atoms with E-state index in [0.29, 0.717) is 30.3 Å². The minimum atomic E-state index is -0.821. The highest BCUT2D eigenvalue weighted by Crippen LogP contribution is 2.42. The van der Waals surface area contributed by atoms with Crippen molar-refractivity contribution >= 4 is 17.8 Å². The molecule has 1 N–H and O–H groups in total. The average molecular weight is 546 g/mol. The average Bonchev–Trinajstić information content (AvgIpc) is 3.26. The van der Waals surface area contributed by atoms with Crippen LogP contribution in [0, 0.1) is 0 Å². The second-order valence-corrected chi connectivity index (χ2v) is 9.61. The summed E-state index contributed by atoms with van der Waals surface area (Å²) in [5.74, 6) is -0.550. The van der Waals surface area contributed by atoms with E-state index in [2.05, 4.69) is 0 Å². The fourth-order valence-corrected chi connectivity index (χ4v) is 4.84. The summed E-state index contributed by atoms with van der Waals surface area (Å²) in [5.41, 5.74) is 3.38. The molecule has 6 nitrogen and oxygen atoms in total. The predicted molar refractivity (Wildman–Crippen MR) is 158 cm³/mol. The molecule has 0 radical (unpaired) electrons. The Morgan fingerprint density at radius 3 is 2.12 bits per heavy atom. The van der Waals surface area contributed by atoms with Crippen LogP contribution < -0.4 is 9.47 Å². The number of ketones is 1. The fourth-order valence-electron chi connectivity index (χ4n) is 4.84. The third-order valence-corrected chi connectivity index (χ3v) is 6.81. The number of benzene rings is 4. The van der Waals surface area contributed by atoms with Crippen LogP contribution >= 0.6 is 0 Å². The van der Waals surface area contributed by atoms with E-state index in [9.17, 15) is 14.7 Å². The van der Waals surface area contributed by atoms with Gasteiger partial charge in [-0.15, -0.1) is 0 Å². The molecule has 0 spiro atoms. The highest BCUT2D eigenvalue weighted by atomic mass is 16.5. The SMILES string of the molecule is CCOc1cc(C2C(C(=O)C=Cc3ccccc3)=C(O)C(=O)N2Cc2ccccc2)ccc1OCc1ccccc1. The lowest BCUT2D eigenvalue weighted by atomic mass is 9.95. The first-order valence-corrected chi connectivity index (χ1v) is 13.5. The molecule has 5 rings (SSSR count). The zero-order valence-electron chi connectivity index (χ0n) is 22.8. The number of carbonyl (C=O) groups excluding carboxylic acids is 2. The van der Waals surface area contributed by atoms with Gasteiger partial charge in [0.15, 0.2) is 23.0 Å². The Morgan fingerprint density at radius 2 is 1.46 bits per heavy atom. The number of rotatable bonds is 11. The predicted octanol–water partition coefficient (Wildman–Crippen LogP) is 6.84. The van der Waals surface area contributed by atoms with Crippen molar-refractivity contribution in [2.24, 2.45) is 0 Å². The Bertz CT molecular complexity index is 1560. The summed E-state index contributed by atoms with van der Waals surface area (Å²) in [5, 5.41) is 11.0. The summed E-state index contributed by atoms with van der Waals surface area (Å²) >= 11 is 0. The lowest BCUT2D eigenvalue weighted by Gasteiger charge is -2.27. The van der Waals surface area contributed by atoms with Crippen molar-refractivity contribution in [1.82, 2.24) is 4.90 Å². The van der Waals surface area contributed by atoms with Gasteiger partial charge in [-0.2, -0.15) is 0 Å². The van der Waals surface area contributed by atoms with Crippen molar-refractivity contribution in [2.45, 2.75) is 26.1 Å². The van der Waals surface area contributed by atoms with Gasteiger partial charge >= 0.3 is 0 Å². The number of ether oxygens (including phenoxy) is 2. The Labute approximate surface area is 239 Å². The number of carbonyl (C=O) groups is 2. The summed E-state index contributed by atoms with van der Waals surface area (Å²) in [4.78, 5) is 28.5. The third kappa shape index (κ3) is 6.39. The molecule has 0 bridgehead atoms. The molecule has 206 valence electrons. The summed E-state index contributed by atoms with van der Waals surface area (Å²) in [6.07, 6.45) is 3.07. The Morgan fingerprint density at radius 1 is 0.829 bits per heavy atom. The van der Waals surface area contributed by atoms with E-state index in [1.807, 2.05) is 104 Å². The van der Waals surface area contributed by atoms with Gasteiger partial charge in [0.25, 0.3) is 5.91 Å². The Hall–Kier alpha value is -5.10. The van der Waals surface area contributed by atoms with E-state index in [0.717, 1.165) is 16.7 Å². The highest BCUT2D eigenvalue weighted by Gasteiger charge is 2.43. The van der Waals surface area contributed by atoms with Crippen molar-refractivity contribution in [3.8, 4) is 11.5 Å². The molecule has 4 aromatic carbocycles. The van der Waals surface area contributed by atoms with Crippen LogP contribution in [-0.2, 0) is 22.7 Å². The van der Waals surface area contributed by atoms with E-state index in [-0.39, 0.29) is 12.1 Å². The number of aliphatic hydroxyl groups is 1. The molecule has 1 aliphatic rings. The number of nitrogens with zero attached hydrogens (tertiary/aromatic N) is 1. The number of hydrogen-bond acceptors (Lipinski definition) is 5. The van der Waals surface area contributed by atoms with Gasteiger partial charge in [0, 0.05) is 6.54 Å². The van der Waals surface area contributed by atoms with Crippen molar-refractivity contribution in [2.75, 3.05) is 6.61 Å². The van der Waals surface area contributed by atoms with Gasteiger partial charge in [0.2, 0.25) is 0 Å². The molecule has 0 saturated heterocycles. The van der Waals surface area contributed by atoms with Crippen LogP contribution in [0.25, 0.3) is 6.08 Å². The topological polar surface area (TPSA) is 76.1 Å². The number of hydrogen-bond donors (Lipinski definition) is 1. The molecule has 1 atom stereocenters. The van der Waals surface area contributed by atoms with Crippen LogP contribution in [0.3, 0.4) is 0 Å². The van der Waals surface area contributed by atoms with E-state index in [1.165, 1.54) is 11.0 Å². The summed E-state index contributed by atoms with van der Waals surface area (Å²) < 4.78 is 12.0. The molecule has 41 heavy (non-hydrogen) atoms. The normalized spacial score (nSPS) is 15.0. The molecule has 0 aromatic heterocycles. The standard InChI is InChI=1S/C35H31NO5/c1-2-40-31-22-28(19-21-30(31)41-24-27-16-10-5-11-17-27)33-32(29(37)20-18-25-12-6-3-7-13-25)34(38)35(39)36(33)23-26-14-8-4-9-15-26/h3-22,33,38H,2,23-24H2,1H3. The van der Waals surface area contributed by atoms with Crippen LogP contribution in [0.4, 0.5) is 0 Å². The fraction of sp³-hybridized carbons (Fsp3) is 0.143. The van der Waals surface area contributed by atoms with Gasteiger partial charge in [0.05, 0.1) is 18.2 Å². The molecule has 1 unspecified atom stereocenters. The van der Waals surface area contributed by atoms with Crippen LogP contribution in [0.5, 0.6) is 11.5 Å². The molecular formula is C35H31NO5. The van der Waals surface area contributed by atoms with Gasteiger partial charge in [-0.05, 0) is 47.4 Å². The van der Waals surface area contributed by atoms with Crippen molar-refractivity contribution in [1.29, 1.82) is 0 Å². The maximum atomic E-state index is 13.6. The summed E-state index contributed by atoms with van der Waals surface area (Å²) in [7, 11) is 0. The largest absolute Gasteiger partial charge is 0.503 e. The van der Waals surface area contributed by atoms with E-state index in [4.69, 9.17) is 9.47 Å². The van der Waals surface area contributed by atoms with E-state index in [1.54, 1.807) is 18.2 Å². The van der Waals surface area contributed by atoms with Gasteiger partial charge in [-0.25, -0.2) is 0 Å². The molecule has 4 aromatic rings. The van der Waals surface area contributed by atoms with Gasteiger partial charge in [-0.3, -0.25) is 9.59 Å². The monoisotopic (exact) mass is 545 g/mol. The highest BCUT2D eigenvalue weighted by molar-refractivity contribution is 6.14. The molecule has 0 saturated carbocycles. The Kier molecular flexibility index (Phi) is 8.60.